The van der Waals surface area contributed by atoms with Gasteiger partial charge in [0.1, 0.15) is 6.61 Å². The van der Waals surface area contributed by atoms with E-state index in [9.17, 15) is 5.11 Å². The van der Waals surface area contributed by atoms with Crippen LogP contribution in [-0.4, -0.2) is 33.8 Å². The van der Waals surface area contributed by atoms with Crippen molar-refractivity contribution in [3.05, 3.63) is 18.6 Å². The van der Waals surface area contributed by atoms with Gasteiger partial charge in [0.05, 0.1) is 11.8 Å². The molecule has 0 aromatic carbocycles. The van der Waals surface area contributed by atoms with Crippen molar-refractivity contribution in [3.8, 4) is 5.75 Å². The standard InChI is InChI=1S/C14H23N3O2/c1-5-7-8-15-13-11(19-10-14(3,4)18)9-16-12(6-2)17-13/h6,9,18H,2,5,7-8,10H2,1,3-4H3,(H,15,16,17). The second kappa shape index (κ2) is 7.09. The number of rotatable bonds is 8. The van der Waals surface area contributed by atoms with Crippen LogP contribution in [0.3, 0.4) is 0 Å². The fraction of sp³-hybridized carbons (Fsp3) is 0.571. The minimum absolute atomic E-state index is 0.187. The van der Waals surface area contributed by atoms with Crippen LogP contribution in [0.1, 0.15) is 39.4 Å². The first kappa shape index (κ1) is 15.4. The molecule has 0 saturated heterocycles. The molecule has 106 valence electrons. The number of hydrogen-bond donors (Lipinski definition) is 2. The molecule has 0 bridgehead atoms. The van der Waals surface area contributed by atoms with Gasteiger partial charge in [-0.15, -0.1) is 0 Å². The molecular weight excluding hydrogens is 242 g/mol. The summed E-state index contributed by atoms with van der Waals surface area (Å²) in [6.45, 7) is 10.2. The Hall–Kier alpha value is -1.62. The SMILES string of the molecule is C=Cc1ncc(OCC(C)(C)O)c(NCCCC)n1. The Bertz CT molecular complexity index is 414. The highest BCUT2D eigenvalue weighted by atomic mass is 16.5. The Kier molecular flexibility index (Phi) is 5.76. The van der Waals surface area contributed by atoms with Crippen molar-refractivity contribution in [2.45, 2.75) is 39.2 Å². The van der Waals surface area contributed by atoms with E-state index in [0.29, 0.717) is 17.4 Å². The van der Waals surface area contributed by atoms with Crippen molar-refractivity contribution < 1.29 is 9.84 Å². The van der Waals surface area contributed by atoms with Gasteiger partial charge >= 0.3 is 0 Å². The van der Waals surface area contributed by atoms with Crippen LogP contribution in [0, 0.1) is 0 Å². The molecule has 19 heavy (non-hydrogen) atoms. The van der Waals surface area contributed by atoms with Crippen molar-refractivity contribution in [1.82, 2.24) is 9.97 Å². The normalized spacial score (nSPS) is 11.2. The van der Waals surface area contributed by atoms with Gasteiger partial charge in [0.2, 0.25) is 0 Å². The lowest BCUT2D eigenvalue weighted by molar-refractivity contribution is 0.0285. The highest BCUT2D eigenvalue weighted by Gasteiger charge is 2.15. The monoisotopic (exact) mass is 265 g/mol. The molecule has 5 heteroatoms. The Morgan fingerprint density at radius 1 is 1.53 bits per heavy atom. The molecule has 0 atom stereocenters. The molecule has 2 N–H and O–H groups in total. The lowest BCUT2D eigenvalue weighted by Crippen LogP contribution is -2.28. The van der Waals surface area contributed by atoms with Crippen molar-refractivity contribution in [2.75, 3.05) is 18.5 Å². The Labute approximate surface area is 114 Å². The largest absolute Gasteiger partial charge is 0.485 e. The van der Waals surface area contributed by atoms with Crippen LogP contribution in [0.2, 0.25) is 0 Å². The van der Waals surface area contributed by atoms with Crippen LogP contribution in [0.25, 0.3) is 6.08 Å². The summed E-state index contributed by atoms with van der Waals surface area (Å²) in [7, 11) is 0. The summed E-state index contributed by atoms with van der Waals surface area (Å²) in [5.41, 5.74) is -0.891. The second-order valence-electron chi connectivity index (χ2n) is 5.03. The van der Waals surface area contributed by atoms with Gasteiger partial charge < -0.3 is 15.2 Å². The number of aromatic nitrogens is 2. The van der Waals surface area contributed by atoms with Gasteiger partial charge in [-0.05, 0) is 26.3 Å². The number of hydrogen-bond acceptors (Lipinski definition) is 5. The summed E-state index contributed by atoms with van der Waals surface area (Å²) in [4.78, 5) is 8.43. The summed E-state index contributed by atoms with van der Waals surface area (Å²) in [5, 5.41) is 12.9. The molecular formula is C14H23N3O2. The average molecular weight is 265 g/mol. The average Bonchev–Trinajstić information content (AvgIpc) is 2.36. The zero-order chi connectivity index (χ0) is 14.3. The number of nitrogens with one attached hydrogen (secondary N) is 1. The lowest BCUT2D eigenvalue weighted by Gasteiger charge is -2.19. The van der Waals surface area contributed by atoms with Gasteiger partial charge in [0.15, 0.2) is 17.4 Å². The summed E-state index contributed by atoms with van der Waals surface area (Å²) in [5.74, 6) is 1.74. The zero-order valence-corrected chi connectivity index (χ0v) is 11.9. The fourth-order valence-corrected chi connectivity index (χ4v) is 1.35. The number of aliphatic hydroxyl groups is 1. The molecule has 1 heterocycles. The van der Waals surface area contributed by atoms with E-state index in [-0.39, 0.29) is 6.61 Å². The minimum Gasteiger partial charge on any atom is -0.485 e. The van der Waals surface area contributed by atoms with Gasteiger partial charge in [0, 0.05) is 6.54 Å². The molecule has 0 amide bonds. The molecule has 0 radical (unpaired) electrons. The molecule has 0 aliphatic heterocycles. The third kappa shape index (κ3) is 5.70. The van der Waals surface area contributed by atoms with E-state index in [0.717, 1.165) is 19.4 Å². The summed E-state index contributed by atoms with van der Waals surface area (Å²) in [6.07, 6.45) is 5.35. The van der Waals surface area contributed by atoms with Gasteiger partial charge in [-0.1, -0.05) is 19.9 Å². The van der Waals surface area contributed by atoms with Gasteiger partial charge in [0.25, 0.3) is 0 Å². The van der Waals surface area contributed by atoms with E-state index in [1.54, 1.807) is 26.1 Å². The maximum Gasteiger partial charge on any atom is 0.180 e. The van der Waals surface area contributed by atoms with Crippen LogP contribution in [0.15, 0.2) is 12.8 Å². The van der Waals surface area contributed by atoms with E-state index in [1.165, 1.54) is 0 Å². The van der Waals surface area contributed by atoms with Crippen LogP contribution in [-0.2, 0) is 0 Å². The Balaban J connectivity index is 2.79. The molecule has 1 rings (SSSR count). The number of ether oxygens (including phenoxy) is 1. The fourth-order valence-electron chi connectivity index (χ4n) is 1.35. The third-order valence-electron chi connectivity index (χ3n) is 2.36. The van der Waals surface area contributed by atoms with E-state index in [4.69, 9.17) is 4.74 Å². The molecule has 0 fully saturated rings. The van der Waals surface area contributed by atoms with Crippen molar-refractivity contribution >= 4 is 11.9 Å². The van der Waals surface area contributed by atoms with E-state index in [1.807, 2.05) is 0 Å². The molecule has 1 aromatic rings. The highest BCUT2D eigenvalue weighted by Crippen LogP contribution is 2.22. The maximum absolute atomic E-state index is 9.68. The first-order valence-electron chi connectivity index (χ1n) is 6.55. The van der Waals surface area contributed by atoms with Crippen LogP contribution in [0.5, 0.6) is 5.75 Å². The summed E-state index contributed by atoms with van der Waals surface area (Å²) >= 11 is 0. The number of unbranched alkanes of at least 4 members (excludes halogenated alkanes) is 1. The van der Waals surface area contributed by atoms with E-state index >= 15 is 0 Å². The van der Waals surface area contributed by atoms with Crippen molar-refractivity contribution in [3.63, 3.8) is 0 Å². The van der Waals surface area contributed by atoms with Gasteiger partial charge in [-0.25, -0.2) is 9.97 Å². The van der Waals surface area contributed by atoms with Gasteiger partial charge in [-0.2, -0.15) is 0 Å². The first-order valence-corrected chi connectivity index (χ1v) is 6.55. The van der Waals surface area contributed by atoms with Crippen molar-refractivity contribution in [1.29, 1.82) is 0 Å². The molecule has 0 aliphatic rings. The topological polar surface area (TPSA) is 67.3 Å². The molecule has 1 aromatic heterocycles. The molecule has 0 unspecified atom stereocenters. The lowest BCUT2D eigenvalue weighted by atomic mass is 10.2. The summed E-state index contributed by atoms with van der Waals surface area (Å²) < 4.78 is 5.56. The molecule has 0 aliphatic carbocycles. The van der Waals surface area contributed by atoms with E-state index in [2.05, 4.69) is 28.8 Å². The first-order chi connectivity index (χ1) is 8.96. The van der Waals surface area contributed by atoms with E-state index < -0.39 is 5.60 Å². The minimum atomic E-state index is -0.891. The molecule has 5 nitrogen and oxygen atoms in total. The second-order valence-corrected chi connectivity index (χ2v) is 5.03. The van der Waals surface area contributed by atoms with Crippen molar-refractivity contribution in [2.24, 2.45) is 0 Å². The number of nitrogens with zero attached hydrogens (tertiary/aromatic N) is 2. The predicted octanol–water partition coefficient (Wildman–Crippen LogP) is 2.48. The third-order valence-corrected chi connectivity index (χ3v) is 2.36. The number of anilines is 1. The quantitative estimate of drug-likeness (QED) is 0.707. The van der Waals surface area contributed by atoms with Crippen LogP contribution in [0.4, 0.5) is 5.82 Å². The predicted molar refractivity (Wildman–Crippen MR) is 77.3 cm³/mol. The highest BCUT2D eigenvalue weighted by molar-refractivity contribution is 5.52. The smallest absolute Gasteiger partial charge is 0.180 e. The molecule has 0 spiro atoms. The van der Waals surface area contributed by atoms with Crippen LogP contribution < -0.4 is 10.1 Å². The van der Waals surface area contributed by atoms with Crippen LogP contribution >= 0.6 is 0 Å². The maximum atomic E-state index is 9.68. The van der Waals surface area contributed by atoms with Gasteiger partial charge in [-0.3, -0.25) is 0 Å². The zero-order valence-electron chi connectivity index (χ0n) is 11.9. The Morgan fingerprint density at radius 2 is 2.26 bits per heavy atom. The molecule has 0 saturated carbocycles. The summed E-state index contributed by atoms with van der Waals surface area (Å²) in [6, 6.07) is 0. The Morgan fingerprint density at radius 3 is 2.84 bits per heavy atom.